The summed E-state index contributed by atoms with van der Waals surface area (Å²) in [6, 6.07) is 14.5. The lowest BCUT2D eigenvalue weighted by Crippen LogP contribution is -2.31. The summed E-state index contributed by atoms with van der Waals surface area (Å²) in [5.41, 5.74) is 1.70. The number of hydrogen-bond acceptors (Lipinski definition) is 1. The predicted octanol–water partition coefficient (Wildman–Crippen LogP) is 4.99. The van der Waals surface area contributed by atoms with E-state index >= 15 is 0 Å². The smallest absolute Gasteiger partial charge is 0.319 e. The molecule has 0 saturated carbocycles. The second kappa shape index (κ2) is 6.77. The largest absolute Gasteiger partial charge is 0.331 e. The molecule has 0 bridgehead atoms. The zero-order chi connectivity index (χ0) is 14.5. The minimum Gasteiger partial charge on any atom is -0.331 e. The first kappa shape index (κ1) is 14.9. The Labute approximate surface area is 131 Å². The average Bonchev–Trinajstić information content (AvgIpc) is 2.39. The zero-order valence-corrected chi connectivity index (χ0v) is 13.2. The molecule has 2 amide bonds. The normalized spacial score (nSPS) is 11.8. The van der Waals surface area contributed by atoms with Crippen molar-refractivity contribution in [2.45, 2.75) is 13.0 Å². The first-order valence-corrected chi connectivity index (χ1v) is 7.30. The van der Waals surface area contributed by atoms with E-state index in [1.165, 1.54) is 0 Å². The lowest BCUT2D eigenvalue weighted by atomic mass is 10.1. The van der Waals surface area contributed by atoms with Gasteiger partial charge in [-0.25, -0.2) is 4.79 Å². The van der Waals surface area contributed by atoms with E-state index in [1.54, 1.807) is 24.3 Å². The van der Waals surface area contributed by atoms with Crippen LogP contribution >= 0.6 is 27.5 Å². The fourth-order valence-electron chi connectivity index (χ4n) is 1.76. The van der Waals surface area contributed by atoms with E-state index in [0.29, 0.717) is 10.7 Å². The highest BCUT2D eigenvalue weighted by Crippen LogP contribution is 2.17. The number of amides is 2. The van der Waals surface area contributed by atoms with Crippen molar-refractivity contribution in [3.63, 3.8) is 0 Å². The van der Waals surface area contributed by atoms with E-state index in [0.717, 1.165) is 10.0 Å². The molecule has 2 N–H and O–H groups in total. The molecule has 1 unspecified atom stereocenters. The number of rotatable bonds is 3. The number of anilines is 1. The Morgan fingerprint density at radius 2 is 1.90 bits per heavy atom. The van der Waals surface area contributed by atoms with Crippen LogP contribution < -0.4 is 10.6 Å². The van der Waals surface area contributed by atoms with Crippen LogP contribution in [0.3, 0.4) is 0 Å². The lowest BCUT2D eigenvalue weighted by molar-refractivity contribution is 0.249. The highest BCUT2D eigenvalue weighted by atomic mass is 79.9. The van der Waals surface area contributed by atoms with Gasteiger partial charge in [0.1, 0.15) is 0 Å². The SMILES string of the molecule is CC(NC(=O)Nc1cccc(Cl)c1)c1ccc(Br)cc1. The van der Waals surface area contributed by atoms with Crippen LogP contribution in [0, 0.1) is 0 Å². The summed E-state index contributed by atoms with van der Waals surface area (Å²) in [5, 5.41) is 6.21. The average molecular weight is 354 g/mol. The van der Waals surface area contributed by atoms with Crippen molar-refractivity contribution in [1.82, 2.24) is 5.32 Å². The van der Waals surface area contributed by atoms with Crippen LogP contribution in [0.1, 0.15) is 18.5 Å². The summed E-state index contributed by atoms with van der Waals surface area (Å²) in [6.07, 6.45) is 0. The van der Waals surface area contributed by atoms with E-state index in [1.807, 2.05) is 31.2 Å². The zero-order valence-electron chi connectivity index (χ0n) is 10.9. The standard InChI is InChI=1S/C15H14BrClN2O/c1-10(11-5-7-12(16)8-6-11)18-15(20)19-14-4-2-3-13(17)9-14/h2-10H,1H3,(H2,18,19,20). The third kappa shape index (κ3) is 4.25. The Balaban J connectivity index is 1.95. The molecule has 3 nitrogen and oxygen atoms in total. The summed E-state index contributed by atoms with van der Waals surface area (Å²) in [7, 11) is 0. The van der Waals surface area contributed by atoms with Gasteiger partial charge in [0.2, 0.25) is 0 Å². The van der Waals surface area contributed by atoms with Crippen molar-refractivity contribution in [1.29, 1.82) is 0 Å². The molecular formula is C15H14BrClN2O. The molecule has 0 heterocycles. The Morgan fingerprint density at radius 3 is 2.55 bits per heavy atom. The number of urea groups is 1. The molecule has 0 aliphatic carbocycles. The van der Waals surface area contributed by atoms with Crippen molar-refractivity contribution >= 4 is 39.2 Å². The highest BCUT2D eigenvalue weighted by molar-refractivity contribution is 9.10. The first-order valence-electron chi connectivity index (χ1n) is 6.13. The van der Waals surface area contributed by atoms with Crippen LogP contribution in [0.2, 0.25) is 5.02 Å². The van der Waals surface area contributed by atoms with Gasteiger partial charge in [-0.15, -0.1) is 0 Å². The quantitative estimate of drug-likeness (QED) is 0.802. The van der Waals surface area contributed by atoms with Gasteiger partial charge in [-0.3, -0.25) is 0 Å². The summed E-state index contributed by atoms with van der Waals surface area (Å²) >= 11 is 9.25. The second-order valence-corrected chi connectivity index (χ2v) is 5.73. The van der Waals surface area contributed by atoms with Crippen molar-refractivity contribution in [2.75, 3.05) is 5.32 Å². The van der Waals surface area contributed by atoms with Gasteiger partial charge >= 0.3 is 6.03 Å². The molecule has 1 atom stereocenters. The summed E-state index contributed by atoms with van der Waals surface area (Å²) in [4.78, 5) is 11.9. The molecule has 0 spiro atoms. The lowest BCUT2D eigenvalue weighted by Gasteiger charge is -2.15. The van der Waals surface area contributed by atoms with Gasteiger partial charge in [0.05, 0.1) is 6.04 Å². The van der Waals surface area contributed by atoms with Crippen LogP contribution in [0.5, 0.6) is 0 Å². The predicted molar refractivity (Wildman–Crippen MR) is 86.2 cm³/mol. The summed E-state index contributed by atoms with van der Waals surface area (Å²) in [6.45, 7) is 1.93. The van der Waals surface area contributed by atoms with Crippen molar-refractivity contribution < 1.29 is 4.79 Å². The van der Waals surface area contributed by atoms with E-state index in [2.05, 4.69) is 26.6 Å². The summed E-state index contributed by atoms with van der Waals surface area (Å²) in [5.74, 6) is 0. The second-order valence-electron chi connectivity index (χ2n) is 4.38. The van der Waals surface area contributed by atoms with E-state index in [-0.39, 0.29) is 12.1 Å². The van der Waals surface area contributed by atoms with Gasteiger partial charge in [-0.05, 0) is 42.8 Å². The molecule has 0 fully saturated rings. The molecule has 5 heteroatoms. The molecule has 0 saturated heterocycles. The van der Waals surface area contributed by atoms with Gasteiger partial charge in [0.15, 0.2) is 0 Å². The van der Waals surface area contributed by atoms with Crippen LogP contribution in [-0.2, 0) is 0 Å². The minimum absolute atomic E-state index is 0.0812. The highest BCUT2D eigenvalue weighted by Gasteiger charge is 2.09. The van der Waals surface area contributed by atoms with Crippen LogP contribution in [-0.4, -0.2) is 6.03 Å². The molecule has 104 valence electrons. The Bertz CT molecular complexity index is 601. The number of carbonyl (C=O) groups excluding carboxylic acids is 1. The fourth-order valence-corrected chi connectivity index (χ4v) is 2.22. The maximum Gasteiger partial charge on any atom is 0.319 e. The Morgan fingerprint density at radius 1 is 1.20 bits per heavy atom. The molecule has 0 aliphatic heterocycles. The maximum absolute atomic E-state index is 11.9. The number of nitrogens with one attached hydrogen (secondary N) is 2. The van der Waals surface area contributed by atoms with Crippen molar-refractivity contribution in [2.24, 2.45) is 0 Å². The molecule has 0 radical (unpaired) electrons. The maximum atomic E-state index is 11.9. The Kier molecular flexibility index (Phi) is 5.04. The topological polar surface area (TPSA) is 41.1 Å². The first-order chi connectivity index (χ1) is 9.54. The molecule has 20 heavy (non-hydrogen) atoms. The van der Waals surface area contributed by atoms with Crippen molar-refractivity contribution in [3.05, 3.63) is 63.6 Å². The molecular weight excluding hydrogens is 340 g/mol. The molecule has 2 aromatic carbocycles. The van der Waals surface area contributed by atoms with Gasteiger partial charge in [0.25, 0.3) is 0 Å². The van der Waals surface area contributed by atoms with Gasteiger partial charge in [-0.2, -0.15) is 0 Å². The van der Waals surface area contributed by atoms with E-state index < -0.39 is 0 Å². The molecule has 0 aromatic heterocycles. The van der Waals surface area contributed by atoms with Gasteiger partial charge < -0.3 is 10.6 Å². The fraction of sp³-hybridized carbons (Fsp3) is 0.133. The monoisotopic (exact) mass is 352 g/mol. The molecule has 2 aromatic rings. The number of carbonyl (C=O) groups is 1. The van der Waals surface area contributed by atoms with Crippen LogP contribution in [0.25, 0.3) is 0 Å². The minimum atomic E-state index is -0.261. The van der Waals surface area contributed by atoms with Gasteiger partial charge in [-0.1, -0.05) is 45.7 Å². The number of hydrogen-bond donors (Lipinski definition) is 2. The van der Waals surface area contributed by atoms with E-state index in [9.17, 15) is 4.79 Å². The van der Waals surface area contributed by atoms with Gasteiger partial charge in [0, 0.05) is 15.2 Å². The number of benzene rings is 2. The van der Waals surface area contributed by atoms with Crippen LogP contribution in [0.4, 0.5) is 10.5 Å². The summed E-state index contributed by atoms with van der Waals surface area (Å²) < 4.78 is 1.01. The number of halogens is 2. The van der Waals surface area contributed by atoms with Crippen molar-refractivity contribution in [3.8, 4) is 0 Å². The van der Waals surface area contributed by atoms with E-state index in [4.69, 9.17) is 11.6 Å². The Hall–Kier alpha value is -1.52. The van der Waals surface area contributed by atoms with Crippen LogP contribution in [0.15, 0.2) is 53.0 Å². The molecule has 2 rings (SSSR count). The third-order valence-electron chi connectivity index (χ3n) is 2.80. The molecule has 0 aliphatic rings. The third-order valence-corrected chi connectivity index (χ3v) is 3.56.